The van der Waals surface area contributed by atoms with Crippen LogP contribution in [-0.4, -0.2) is 59.1 Å². The largest absolute Gasteiger partial charge is 0.363 e. The minimum absolute atomic E-state index is 0.0888. The zero-order chi connectivity index (χ0) is 17.8. The maximum atomic E-state index is 12.3. The number of hydrogen-bond acceptors (Lipinski definition) is 4. The summed E-state index contributed by atoms with van der Waals surface area (Å²) in [5.74, 6) is 0.984. The number of piperidine rings is 1. The predicted molar refractivity (Wildman–Crippen MR) is 101 cm³/mol. The smallest absolute Gasteiger partial charge is 0.249 e. The second-order valence-electron chi connectivity index (χ2n) is 8.35. The van der Waals surface area contributed by atoms with E-state index in [1.807, 2.05) is 23.1 Å². The number of rotatable bonds is 4. The van der Waals surface area contributed by atoms with E-state index < -0.39 is 0 Å². The molecule has 5 heteroatoms. The van der Waals surface area contributed by atoms with Gasteiger partial charge in [-0.2, -0.15) is 0 Å². The quantitative estimate of drug-likeness (QED) is 0.831. The zero-order valence-electron chi connectivity index (χ0n) is 15.7. The predicted octanol–water partition coefficient (Wildman–Crippen LogP) is 2.86. The highest BCUT2D eigenvalue weighted by Gasteiger charge is 2.42. The minimum Gasteiger partial charge on any atom is -0.363 e. The number of amides is 1. The molecule has 142 valence electrons. The molecule has 0 radical (unpaired) electrons. The standard InChI is InChI=1S/C21H31N3O2/c25-20-16-26-21(17-24(20)15-19-8-4-5-11-22-19)9-12-23(13-10-21)14-18-6-2-1-3-7-18/h4-5,8,11,18H,1-3,6-7,9-10,12-17H2. The lowest BCUT2D eigenvalue weighted by Crippen LogP contribution is -2.58. The molecule has 4 rings (SSSR count). The fraction of sp³-hybridized carbons (Fsp3) is 0.714. The summed E-state index contributed by atoms with van der Waals surface area (Å²) >= 11 is 0. The van der Waals surface area contributed by atoms with Crippen molar-refractivity contribution in [3.63, 3.8) is 0 Å². The second kappa shape index (κ2) is 8.05. The molecule has 0 atom stereocenters. The van der Waals surface area contributed by atoms with Crippen LogP contribution in [0.1, 0.15) is 50.6 Å². The van der Waals surface area contributed by atoms with E-state index in [1.165, 1.54) is 38.6 Å². The van der Waals surface area contributed by atoms with Crippen LogP contribution in [0.3, 0.4) is 0 Å². The molecule has 5 nitrogen and oxygen atoms in total. The highest BCUT2D eigenvalue weighted by Crippen LogP contribution is 2.32. The Morgan fingerprint density at radius 2 is 1.96 bits per heavy atom. The first kappa shape index (κ1) is 17.9. The summed E-state index contributed by atoms with van der Waals surface area (Å²) < 4.78 is 6.09. The van der Waals surface area contributed by atoms with E-state index in [0.717, 1.165) is 37.5 Å². The van der Waals surface area contributed by atoms with Crippen molar-refractivity contribution >= 4 is 5.91 Å². The highest BCUT2D eigenvalue weighted by atomic mass is 16.5. The number of ether oxygens (including phenoxy) is 1. The molecule has 0 unspecified atom stereocenters. The molecule has 2 aliphatic heterocycles. The van der Waals surface area contributed by atoms with Crippen LogP contribution in [-0.2, 0) is 16.1 Å². The Hall–Kier alpha value is -1.46. The summed E-state index contributed by atoms with van der Waals surface area (Å²) in [6, 6.07) is 5.88. The van der Waals surface area contributed by atoms with Crippen molar-refractivity contribution in [1.29, 1.82) is 0 Å². The van der Waals surface area contributed by atoms with Gasteiger partial charge in [-0.15, -0.1) is 0 Å². The molecule has 1 spiro atoms. The number of likely N-dealkylation sites (tertiary alicyclic amines) is 1. The zero-order valence-corrected chi connectivity index (χ0v) is 15.7. The van der Waals surface area contributed by atoms with Crippen LogP contribution in [0.15, 0.2) is 24.4 Å². The van der Waals surface area contributed by atoms with Crippen molar-refractivity contribution in [3.8, 4) is 0 Å². The van der Waals surface area contributed by atoms with Crippen molar-refractivity contribution in [2.45, 2.75) is 57.1 Å². The third-order valence-electron chi connectivity index (χ3n) is 6.42. The molecule has 0 N–H and O–H groups in total. The number of nitrogens with zero attached hydrogens (tertiary/aromatic N) is 3. The molecule has 2 saturated heterocycles. The number of morpholine rings is 1. The van der Waals surface area contributed by atoms with Gasteiger partial charge in [0.15, 0.2) is 0 Å². The van der Waals surface area contributed by atoms with Gasteiger partial charge in [0.1, 0.15) is 6.61 Å². The minimum atomic E-state index is -0.147. The van der Waals surface area contributed by atoms with Crippen LogP contribution in [0.2, 0.25) is 0 Å². The summed E-state index contributed by atoms with van der Waals surface area (Å²) in [7, 11) is 0. The molecular weight excluding hydrogens is 326 g/mol. The fourth-order valence-electron chi connectivity index (χ4n) is 4.80. The third-order valence-corrected chi connectivity index (χ3v) is 6.42. The lowest BCUT2D eigenvalue weighted by atomic mass is 9.86. The summed E-state index contributed by atoms with van der Waals surface area (Å²) in [6.45, 7) is 4.97. The maximum absolute atomic E-state index is 12.3. The average molecular weight is 357 g/mol. The van der Waals surface area contributed by atoms with Crippen LogP contribution in [0.25, 0.3) is 0 Å². The second-order valence-corrected chi connectivity index (χ2v) is 8.35. The van der Waals surface area contributed by atoms with E-state index in [9.17, 15) is 4.79 Å². The average Bonchev–Trinajstić information content (AvgIpc) is 2.69. The van der Waals surface area contributed by atoms with E-state index in [2.05, 4.69) is 9.88 Å². The van der Waals surface area contributed by atoms with E-state index in [0.29, 0.717) is 13.1 Å². The van der Waals surface area contributed by atoms with Crippen LogP contribution in [0, 0.1) is 5.92 Å². The monoisotopic (exact) mass is 357 g/mol. The molecule has 3 aliphatic rings. The Morgan fingerprint density at radius 3 is 2.69 bits per heavy atom. The summed E-state index contributed by atoms with van der Waals surface area (Å²) in [4.78, 5) is 21.3. The first-order chi connectivity index (χ1) is 12.7. The Morgan fingerprint density at radius 1 is 1.15 bits per heavy atom. The molecule has 3 fully saturated rings. The van der Waals surface area contributed by atoms with Gasteiger partial charge in [0.2, 0.25) is 5.91 Å². The van der Waals surface area contributed by atoms with Crippen LogP contribution < -0.4 is 0 Å². The maximum Gasteiger partial charge on any atom is 0.249 e. The molecule has 1 amide bonds. The van der Waals surface area contributed by atoms with Gasteiger partial charge in [-0.3, -0.25) is 9.78 Å². The van der Waals surface area contributed by atoms with E-state index >= 15 is 0 Å². The first-order valence-electron chi connectivity index (χ1n) is 10.3. The molecular formula is C21H31N3O2. The van der Waals surface area contributed by atoms with E-state index in [-0.39, 0.29) is 18.1 Å². The van der Waals surface area contributed by atoms with Crippen LogP contribution >= 0.6 is 0 Å². The van der Waals surface area contributed by atoms with Crippen molar-refractivity contribution in [3.05, 3.63) is 30.1 Å². The van der Waals surface area contributed by atoms with Gasteiger partial charge in [-0.1, -0.05) is 25.3 Å². The van der Waals surface area contributed by atoms with E-state index in [4.69, 9.17) is 4.74 Å². The van der Waals surface area contributed by atoms with Crippen LogP contribution in [0.4, 0.5) is 0 Å². The van der Waals surface area contributed by atoms with Crippen molar-refractivity contribution in [2.75, 3.05) is 32.8 Å². The number of aromatic nitrogens is 1. The topological polar surface area (TPSA) is 45.7 Å². The van der Waals surface area contributed by atoms with Gasteiger partial charge in [0.25, 0.3) is 0 Å². The molecule has 1 aromatic heterocycles. The Labute approximate surface area is 156 Å². The van der Waals surface area contributed by atoms with Gasteiger partial charge < -0.3 is 14.5 Å². The third kappa shape index (κ3) is 4.26. The van der Waals surface area contributed by atoms with Gasteiger partial charge in [0, 0.05) is 25.8 Å². The molecule has 1 aromatic rings. The molecule has 26 heavy (non-hydrogen) atoms. The molecule has 3 heterocycles. The fourth-order valence-corrected chi connectivity index (χ4v) is 4.80. The van der Waals surface area contributed by atoms with Crippen molar-refractivity contribution in [1.82, 2.24) is 14.8 Å². The number of hydrogen-bond donors (Lipinski definition) is 0. The van der Waals surface area contributed by atoms with Gasteiger partial charge in [0.05, 0.1) is 24.4 Å². The molecule has 0 aromatic carbocycles. The SMILES string of the molecule is O=C1COC2(CCN(CC3CCCCC3)CC2)CN1Cc1ccccn1. The van der Waals surface area contributed by atoms with Crippen molar-refractivity contribution < 1.29 is 9.53 Å². The van der Waals surface area contributed by atoms with Gasteiger partial charge in [-0.25, -0.2) is 0 Å². The molecule has 1 aliphatic carbocycles. The van der Waals surface area contributed by atoms with Gasteiger partial charge >= 0.3 is 0 Å². The Kier molecular flexibility index (Phi) is 5.55. The normalized spacial score (nSPS) is 24.9. The number of carbonyl (C=O) groups is 1. The highest BCUT2D eigenvalue weighted by molar-refractivity contribution is 5.78. The van der Waals surface area contributed by atoms with Crippen molar-refractivity contribution in [2.24, 2.45) is 5.92 Å². The summed E-state index contributed by atoms with van der Waals surface area (Å²) in [5.41, 5.74) is 0.804. The number of carbonyl (C=O) groups excluding carboxylic acids is 1. The molecule has 0 bridgehead atoms. The first-order valence-corrected chi connectivity index (χ1v) is 10.3. The summed E-state index contributed by atoms with van der Waals surface area (Å²) in [5, 5.41) is 0. The van der Waals surface area contributed by atoms with Gasteiger partial charge in [-0.05, 0) is 43.7 Å². The van der Waals surface area contributed by atoms with E-state index in [1.54, 1.807) is 6.20 Å². The lowest BCUT2D eigenvalue weighted by Gasteiger charge is -2.47. The Balaban J connectivity index is 1.32. The molecule has 1 saturated carbocycles. The number of pyridine rings is 1. The van der Waals surface area contributed by atoms with Crippen LogP contribution in [0.5, 0.6) is 0 Å². The Bertz CT molecular complexity index is 593. The lowest BCUT2D eigenvalue weighted by molar-refractivity contribution is -0.173. The summed E-state index contributed by atoms with van der Waals surface area (Å²) in [6.07, 6.45) is 10.9.